The minimum Gasteiger partial charge on any atom is -0.481 e. The molecule has 0 fully saturated rings. The Bertz CT molecular complexity index is 1080. The maximum absolute atomic E-state index is 12.5. The SMILES string of the molecule is CCOC(=O)c1[nH]c2ccc3scnc3c2c1-c1cccnc1OC. The third kappa shape index (κ3) is 2.44. The highest BCUT2D eigenvalue weighted by atomic mass is 32.1. The van der Waals surface area contributed by atoms with Crippen molar-refractivity contribution in [1.29, 1.82) is 0 Å². The number of nitrogens with zero attached hydrogens (tertiary/aromatic N) is 2. The van der Waals surface area contributed by atoms with Gasteiger partial charge in [0.1, 0.15) is 5.69 Å². The summed E-state index contributed by atoms with van der Waals surface area (Å²) >= 11 is 1.56. The fraction of sp³-hybridized carbons (Fsp3) is 0.167. The van der Waals surface area contributed by atoms with Crippen LogP contribution in [0.25, 0.3) is 32.2 Å². The van der Waals surface area contributed by atoms with Crippen LogP contribution in [0, 0.1) is 0 Å². The number of carbonyl (C=O) groups excluding carboxylic acids is 1. The number of carbonyl (C=O) groups is 1. The van der Waals surface area contributed by atoms with Crippen LogP contribution in [0.3, 0.4) is 0 Å². The number of nitrogens with one attached hydrogen (secondary N) is 1. The van der Waals surface area contributed by atoms with E-state index in [1.807, 2.05) is 24.3 Å². The molecule has 3 heterocycles. The lowest BCUT2D eigenvalue weighted by Crippen LogP contribution is -2.07. The second-order valence-corrected chi connectivity index (χ2v) is 6.23. The quantitative estimate of drug-likeness (QED) is 0.561. The van der Waals surface area contributed by atoms with Crippen molar-refractivity contribution in [3.8, 4) is 17.0 Å². The topological polar surface area (TPSA) is 77.1 Å². The van der Waals surface area contributed by atoms with Gasteiger partial charge in [-0.05, 0) is 31.2 Å². The van der Waals surface area contributed by atoms with E-state index in [4.69, 9.17) is 9.47 Å². The Morgan fingerprint density at radius 1 is 1.28 bits per heavy atom. The van der Waals surface area contributed by atoms with E-state index in [1.165, 1.54) is 0 Å². The third-order valence-corrected chi connectivity index (χ3v) is 4.77. The van der Waals surface area contributed by atoms with E-state index in [0.29, 0.717) is 23.7 Å². The van der Waals surface area contributed by atoms with E-state index < -0.39 is 5.97 Å². The summed E-state index contributed by atoms with van der Waals surface area (Å²) in [6, 6.07) is 7.63. The predicted octanol–water partition coefficient (Wildman–Crippen LogP) is 4.02. The maximum atomic E-state index is 12.5. The molecule has 6 nitrogen and oxygen atoms in total. The maximum Gasteiger partial charge on any atom is 0.355 e. The molecule has 0 bridgehead atoms. The molecule has 0 saturated carbocycles. The summed E-state index contributed by atoms with van der Waals surface area (Å²) in [6.45, 7) is 2.08. The van der Waals surface area contributed by atoms with Crippen molar-refractivity contribution in [2.45, 2.75) is 6.92 Å². The van der Waals surface area contributed by atoms with E-state index >= 15 is 0 Å². The molecule has 0 amide bonds. The molecule has 0 spiro atoms. The van der Waals surface area contributed by atoms with E-state index in [0.717, 1.165) is 26.7 Å². The molecule has 0 aliphatic carbocycles. The van der Waals surface area contributed by atoms with Crippen molar-refractivity contribution in [3.05, 3.63) is 41.7 Å². The molecule has 0 aliphatic heterocycles. The van der Waals surface area contributed by atoms with Gasteiger partial charge >= 0.3 is 5.97 Å². The van der Waals surface area contributed by atoms with Gasteiger partial charge in [0.2, 0.25) is 5.88 Å². The number of benzene rings is 1. The highest BCUT2D eigenvalue weighted by Crippen LogP contribution is 2.40. The van der Waals surface area contributed by atoms with Crippen molar-refractivity contribution in [3.63, 3.8) is 0 Å². The molecular formula is C18H15N3O3S. The van der Waals surface area contributed by atoms with E-state index in [2.05, 4.69) is 15.0 Å². The molecule has 0 aliphatic rings. The van der Waals surface area contributed by atoms with Gasteiger partial charge in [-0.3, -0.25) is 0 Å². The molecule has 25 heavy (non-hydrogen) atoms. The van der Waals surface area contributed by atoms with Crippen LogP contribution in [-0.2, 0) is 4.74 Å². The second-order valence-electron chi connectivity index (χ2n) is 5.34. The number of fused-ring (bicyclic) bond motifs is 3. The van der Waals surface area contributed by atoms with Crippen LogP contribution >= 0.6 is 11.3 Å². The Balaban J connectivity index is 2.13. The summed E-state index contributed by atoms with van der Waals surface area (Å²) in [5.74, 6) is 0.0316. The first-order chi connectivity index (χ1) is 12.2. The first-order valence-electron chi connectivity index (χ1n) is 7.79. The highest BCUT2D eigenvalue weighted by molar-refractivity contribution is 7.16. The molecule has 4 rings (SSSR count). The zero-order chi connectivity index (χ0) is 17.4. The Kier molecular flexibility index (Phi) is 3.85. The number of hydrogen-bond donors (Lipinski definition) is 1. The molecule has 126 valence electrons. The van der Waals surface area contributed by atoms with Crippen LogP contribution in [0.4, 0.5) is 0 Å². The van der Waals surface area contributed by atoms with Gasteiger partial charge in [-0.15, -0.1) is 11.3 Å². The molecule has 4 aromatic rings. The molecule has 0 saturated heterocycles. The van der Waals surface area contributed by atoms with Crippen molar-refractivity contribution in [1.82, 2.24) is 15.0 Å². The number of methoxy groups -OCH3 is 1. The normalized spacial score (nSPS) is 11.1. The van der Waals surface area contributed by atoms with Crippen molar-refractivity contribution in [2.24, 2.45) is 0 Å². The van der Waals surface area contributed by atoms with Gasteiger partial charge in [0.05, 0.1) is 29.4 Å². The number of thiazole rings is 1. The first-order valence-corrected chi connectivity index (χ1v) is 8.67. The largest absolute Gasteiger partial charge is 0.481 e. The van der Waals surface area contributed by atoms with Gasteiger partial charge in [0.25, 0.3) is 0 Å². The number of aromatic amines is 1. The van der Waals surface area contributed by atoms with E-state index in [-0.39, 0.29) is 0 Å². The average Bonchev–Trinajstić information content (AvgIpc) is 3.25. The standard InChI is InChI=1S/C18H15N3O3S/c1-3-24-18(22)16-13(10-5-4-8-19-17(10)23-2)14-11(21-16)6-7-12-15(14)20-9-25-12/h4-9,21H,3H2,1-2H3. The number of esters is 1. The minimum absolute atomic E-state index is 0.296. The second kappa shape index (κ2) is 6.18. The van der Waals surface area contributed by atoms with Crippen LogP contribution in [0.2, 0.25) is 0 Å². The summed E-state index contributed by atoms with van der Waals surface area (Å²) in [5.41, 5.74) is 5.27. The molecule has 1 N–H and O–H groups in total. The Morgan fingerprint density at radius 3 is 2.96 bits per heavy atom. The van der Waals surface area contributed by atoms with Gasteiger partial charge in [0, 0.05) is 28.2 Å². The molecule has 1 aromatic carbocycles. The summed E-state index contributed by atoms with van der Waals surface area (Å²) in [5, 5.41) is 0.869. The molecule has 7 heteroatoms. The number of pyridine rings is 1. The number of H-pyrrole nitrogens is 1. The minimum atomic E-state index is -0.414. The zero-order valence-corrected chi connectivity index (χ0v) is 14.5. The van der Waals surface area contributed by atoms with Gasteiger partial charge in [-0.2, -0.15) is 0 Å². The molecule has 0 atom stereocenters. The molecule has 0 radical (unpaired) electrons. The summed E-state index contributed by atoms with van der Waals surface area (Å²) in [4.78, 5) is 24.5. The average molecular weight is 353 g/mol. The van der Waals surface area contributed by atoms with Crippen molar-refractivity contribution >= 4 is 38.4 Å². The Hall–Kier alpha value is -2.93. The van der Waals surface area contributed by atoms with Gasteiger partial charge in [-0.25, -0.2) is 14.8 Å². The van der Waals surface area contributed by atoms with Crippen LogP contribution in [0.1, 0.15) is 17.4 Å². The lowest BCUT2D eigenvalue weighted by molar-refractivity contribution is 0.0521. The molecular weight excluding hydrogens is 338 g/mol. The van der Waals surface area contributed by atoms with Crippen LogP contribution in [-0.4, -0.2) is 34.6 Å². The Morgan fingerprint density at radius 2 is 2.16 bits per heavy atom. The molecule has 0 unspecified atom stereocenters. The first kappa shape index (κ1) is 15.6. The van der Waals surface area contributed by atoms with E-state index in [9.17, 15) is 4.79 Å². The summed E-state index contributed by atoms with van der Waals surface area (Å²) < 4.78 is 11.7. The number of rotatable bonds is 4. The fourth-order valence-corrected chi connectivity index (χ4v) is 3.66. The van der Waals surface area contributed by atoms with Gasteiger partial charge in [-0.1, -0.05) is 0 Å². The number of aromatic nitrogens is 3. The molecule has 3 aromatic heterocycles. The smallest absolute Gasteiger partial charge is 0.355 e. The third-order valence-electron chi connectivity index (χ3n) is 3.98. The number of hydrogen-bond acceptors (Lipinski definition) is 6. The highest BCUT2D eigenvalue weighted by Gasteiger charge is 2.25. The number of ether oxygens (including phenoxy) is 2. The Labute approximate surface area is 147 Å². The monoisotopic (exact) mass is 353 g/mol. The van der Waals surface area contributed by atoms with Crippen molar-refractivity contribution < 1.29 is 14.3 Å². The van der Waals surface area contributed by atoms with Crippen LogP contribution < -0.4 is 4.74 Å². The van der Waals surface area contributed by atoms with Crippen molar-refractivity contribution in [2.75, 3.05) is 13.7 Å². The lowest BCUT2D eigenvalue weighted by Gasteiger charge is -2.09. The lowest BCUT2D eigenvalue weighted by atomic mass is 10.0. The fourth-order valence-electron chi connectivity index (χ4n) is 2.98. The summed E-state index contributed by atoms with van der Waals surface area (Å²) in [7, 11) is 1.56. The zero-order valence-electron chi connectivity index (χ0n) is 13.7. The van der Waals surface area contributed by atoms with Crippen LogP contribution in [0.15, 0.2) is 36.0 Å². The predicted molar refractivity (Wildman–Crippen MR) is 97.2 cm³/mol. The van der Waals surface area contributed by atoms with Crippen LogP contribution in [0.5, 0.6) is 5.88 Å². The van der Waals surface area contributed by atoms with Gasteiger partial charge < -0.3 is 14.5 Å². The van der Waals surface area contributed by atoms with Gasteiger partial charge in [0.15, 0.2) is 0 Å². The summed E-state index contributed by atoms with van der Waals surface area (Å²) in [6.07, 6.45) is 1.65. The van der Waals surface area contributed by atoms with E-state index in [1.54, 1.807) is 37.1 Å².